The maximum Gasteiger partial charge on any atom is 0.316 e. The lowest BCUT2D eigenvalue weighted by molar-refractivity contribution is -0.148. The molecule has 0 aliphatic heterocycles. The Bertz CT molecular complexity index is 845. The summed E-state index contributed by atoms with van der Waals surface area (Å²) in [7, 11) is 0. The number of thioether (sulfide) groups is 1. The van der Waals surface area contributed by atoms with Gasteiger partial charge in [0.05, 0.1) is 11.5 Å². The maximum absolute atomic E-state index is 12.9. The molecule has 3 aliphatic carbocycles. The first-order valence-corrected chi connectivity index (χ1v) is 11.3. The van der Waals surface area contributed by atoms with Crippen LogP contribution in [0, 0.1) is 5.41 Å². The summed E-state index contributed by atoms with van der Waals surface area (Å²) in [5.74, 6) is -0.311. The van der Waals surface area contributed by atoms with Crippen LogP contribution in [0.15, 0.2) is 33.9 Å². The molecular weight excluding hydrogens is 412 g/mol. The van der Waals surface area contributed by atoms with Crippen LogP contribution in [0.1, 0.15) is 33.6 Å². The fraction of sp³-hybridized carbons (Fsp3) is 0.571. The minimum atomic E-state index is -1.35. The molecule has 158 valence electrons. The van der Waals surface area contributed by atoms with E-state index in [2.05, 4.69) is 12.6 Å². The first-order chi connectivity index (χ1) is 13.7. The second-order valence-electron chi connectivity index (χ2n) is 7.79. The summed E-state index contributed by atoms with van der Waals surface area (Å²) < 4.78 is 9.85. The largest absolute Gasteiger partial charge is 0.461 e. The molecule has 1 saturated carbocycles. The quantitative estimate of drug-likeness (QED) is 0.342. The van der Waals surface area contributed by atoms with Gasteiger partial charge in [0.15, 0.2) is 5.78 Å². The molecule has 0 aromatic rings. The summed E-state index contributed by atoms with van der Waals surface area (Å²) >= 11 is 5.21. The molecule has 0 aromatic heterocycles. The first kappa shape index (κ1) is 22.2. The average Bonchev–Trinajstić information content (AvgIpc) is 3.43. The third kappa shape index (κ3) is 3.94. The van der Waals surface area contributed by atoms with Crippen LogP contribution in [0.3, 0.4) is 0 Å². The van der Waals surface area contributed by atoms with Crippen molar-refractivity contribution in [3.8, 4) is 0 Å². The lowest BCUT2D eigenvalue weighted by Crippen LogP contribution is -2.49. The van der Waals surface area contributed by atoms with E-state index in [-0.39, 0.29) is 36.5 Å². The summed E-state index contributed by atoms with van der Waals surface area (Å²) in [4.78, 5) is 35.8. The van der Waals surface area contributed by atoms with Crippen molar-refractivity contribution in [1.29, 1.82) is 0 Å². The number of thiol groups is 1. The van der Waals surface area contributed by atoms with Crippen molar-refractivity contribution >= 4 is 42.1 Å². The van der Waals surface area contributed by atoms with Crippen molar-refractivity contribution in [2.45, 2.75) is 39.2 Å². The summed E-state index contributed by atoms with van der Waals surface area (Å²) in [6.07, 6.45) is 3.49. The van der Waals surface area contributed by atoms with Crippen LogP contribution in [0.25, 0.3) is 0 Å². The Morgan fingerprint density at radius 2 is 1.83 bits per heavy atom. The topological polar surface area (TPSA) is 89.9 Å². The summed E-state index contributed by atoms with van der Waals surface area (Å²) in [5, 5.41) is 10.9. The van der Waals surface area contributed by atoms with Crippen molar-refractivity contribution in [3.63, 3.8) is 0 Å². The number of rotatable bonds is 8. The van der Waals surface area contributed by atoms with Gasteiger partial charge >= 0.3 is 11.9 Å². The van der Waals surface area contributed by atoms with Gasteiger partial charge in [-0.25, -0.2) is 0 Å². The fourth-order valence-corrected chi connectivity index (χ4v) is 5.25. The molecule has 0 amide bonds. The smallest absolute Gasteiger partial charge is 0.316 e. The molecular formula is C21H26O6S2. The molecule has 3 aliphatic rings. The second kappa shape index (κ2) is 8.32. The number of carbonyl (C=O) groups excluding carboxylic acids is 3. The molecule has 1 spiro atoms. The van der Waals surface area contributed by atoms with Crippen LogP contribution in [0.4, 0.5) is 0 Å². The SMILES string of the molecule is CC1=C(CSCC(=O)OCCOC(=O)CS)C2=C(C)C3(CC3)[C@@](C)(O)C(=O)C2=C1. The minimum absolute atomic E-state index is 0.0111. The molecule has 8 heteroatoms. The number of allylic oxidation sites excluding steroid dienone is 3. The Morgan fingerprint density at radius 1 is 1.21 bits per heavy atom. The fourth-order valence-electron chi connectivity index (χ4n) is 4.23. The normalized spacial score (nSPS) is 24.6. The summed E-state index contributed by atoms with van der Waals surface area (Å²) in [5.41, 5.74) is 2.87. The van der Waals surface area contributed by atoms with Gasteiger partial charge in [0.1, 0.15) is 18.8 Å². The third-order valence-corrected chi connectivity index (χ3v) is 7.27. The lowest BCUT2D eigenvalue weighted by atomic mass is 9.67. The number of ether oxygens (including phenoxy) is 2. The molecule has 0 aromatic carbocycles. The Balaban J connectivity index is 1.58. The van der Waals surface area contributed by atoms with Gasteiger partial charge in [0.25, 0.3) is 0 Å². The molecule has 1 fully saturated rings. The van der Waals surface area contributed by atoms with Gasteiger partial charge in [-0.2, -0.15) is 12.6 Å². The molecule has 1 atom stereocenters. The number of hydrogen-bond donors (Lipinski definition) is 2. The van der Waals surface area contributed by atoms with Crippen LogP contribution >= 0.6 is 24.4 Å². The monoisotopic (exact) mass is 438 g/mol. The number of ketones is 1. The Labute approximate surface area is 180 Å². The minimum Gasteiger partial charge on any atom is -0.461 e. The molecule has 6 nitrogen and oxygen atoms in total. The van der Waals surface area contributed by atoms with E-state index in [0.717, 1.165) is 35.1 Å². The van der Waals surface area contributed by atoms with E-state index in [1.54, 1.807) is 6.92 Å². The highest BCUT2D eigenvalue weighted by Crippen LogP contribution is 2.65. The van der Waals surface area contributed by atoms with E-state index in [1.165, 1.54) is 11.8 Å². The van der Waals surface area contributed by atoms with Gasteiger partial charge in [-0.15, -0.1) is 11.8 Å². The predicted molar refractivity (Wildman–Crippen MR) is 114 cm³/mol. The van der Waals surface area contributed by atoms with Crippen molar-refractivity contribution < 1.29 is 29.0 Å². The Hall–Kier alpha value is -1.51. The molecule has 1 N–H and O–H groups in total. The predicted octanol–water partition coefficient (Wildman–Crippen LogP) is 2.42. The number of carbonyl (C=O) groups is 3. The molecule has 0 bridgehead atoms. The number of aliphatic hydroxyl groups is 1. The zero-order chi connectivity index (χ0) is 21.4. The standard InChI is InChI=1S/C21H26O6S2/c1-12-8-14-18(13(2)21(4-5-21)20(3,25)19(14)24)15(12)10-29-11-17(23)27-7-6-26-16(22)9-28/h8,25,28H,4-7,9-11H2,1-3H3/t20-/m0/s1. The molecule has 0 heterocycles. The Morgan fingerprint density at radius 3 is 2.41 bits per heavy atom. The summed E-state index contributed by atoms with van der Waals surface area (Å²) in [6.45, 7) is 5.64. The number of Topliss-reactive ketones (excluding diaryl/α,β-unsaturated/α-hetero) is 1. The van der Waals surface area contributed by atoms with Gasteiger partial charge in [-0.05, 0) is 56.4 Å². The molecule has 29 heavy (non-hydrogen) atoms. The third-order valence-electron chi connectivity index (χ3n) is 6.07. The van der Waals surface area contributed by atoms with Crippen LogP contribution in [-0.2, 0) is 23.9 Å². The van der Waals surface area contributed by atoms with Crippen molar-refractivity contribution in [2.24, 2.45) is 5.41 Å². The van der Waals surface area contributed by atoms with E-state index < -0.39 is 17.0 Å². The van der Waals surface area contributed by atoms with E-state index in [4.69, 9.17) is 9.47 Å². The van der Waals surface area contributed by atoms with E-state index >= 15 is 0 Å². The van der Waals surface area contributed by atoms with Crippen molar-refractivity contribution in [1.82, 2.24) is 0 Å². The number of esters is 2. The highest BCUT2D eigenvalue weighted by atomic mass is 32.2. The van der Waals surface area contributed by atoms with Gasteiger partial charge in [0.2, 0.25) is 0 Å². The second-order valence-corrected chi connectivity index (χ2v) is 9.10. The van der Waals surface area contributed by atoms with Crippen LogP contribution in [0.5, 0.6) is 0 Å². The Kier molecular flexibility index (Phi) is 6.36. The van der Waals surface area contributed by atoms with Crippen LogP contribution in [-0.4, -0.2) is 58.9 Å². The van der Waals surface area contributed by atoms with E-state index in [0.29, 0.717) is 11.3 Å². The summed E-state index contributed by atoms with van der Waals surface area (Å²) in [6, 6.07) is 0. The first-order valence-electron chi connectivity index (χ1n) is 9.56. The van der Waals surface area contributed by atoms with Gasteiger partial charge < -0.3 is 14.6 Å². The van der Waals surface area contributed by atoms with Crippen molar-refractivity contribution in [3.05, 3.63) is 33.9 Å². The van der Waals surface area contributed by atoms with Gasteiger partial charge in [-0.1, -0.05) is 5.57 Å². The average molecular weight is 439 g/mol. The zero-order valence-corrected chi connectivity index (χ0v) is 18.6. The van der Waals surface area contributed by atoms with Crippen LogP contribution < -0.4 is 0 Å². The van der Waals surface area contributed by atoms with Crippen molar-refractivity contribution in [2.75, 3.05) is 30.5 Å². The van der Waals surface area contributed by atoms with Gasteiger partial charge in [-0.3, -0.25) is 14.4 Å². The maximum atomic E-state index is 12.9. The molecule has 0 radical (unpaired) electrons. The van der Waals surface area contributed by atoms with E-state index in [1.807, 2.05) is 19.9 Å². The zero-order valence-electron chi connectivity index (χ0n) is 16.9. The van der Waals surface area contributed by atoms with Gasteiger partial charge in [0, 0.05) is 16.7 Å². The number of hydrogen-bond acceptors (Lipinski definition) is 8. The van der Waals surface area contributed by atoms with E-state index in [9.17, 15) is 19.5 Å². The molecule has 0 unspecified atom stereocenters. The lowest BCUT2D eigenvalue weighted by Gasteiger charge is -2.39. The number of fused-ring (bicyclic) bond motifs is 1. The molecule has 3 rings (SSSR count). The van der Waals surface area contributed by atoms with Crippen LogP contribution in [0.2, 0.25) is 0 Å². The molecule has 0 saturated heterocycles. The highest BCUT2D eigenvalue weighted by molar-refractivity contribution is 8.00. The highest BCUT2D eigenvalue weighted by Gasteiger charge is 2.64.